The van der Waals surface area contributed by atoms with Crippen LogP contribution >= 0.6 is 0 Å². The van der Waals surface area contributed by atoms with Gasteiger partial charge in [0.1, 0.15) is 0 Å². The van der Waals surface area contributed by atoms with E-state index in [1.165, 1.54) is 0 Å². The van der Waals surface area contributed by atoms with Gasteiger partial charge in [-0.25, -0.2) is 0 Å². The van der Waals surface area contributed by atoms with Crippen molar-refractivity contribution < 1.29 is 14.7 Å². The summed E-state index contributed by atoms with van der Waals surface area (Å²) in [5.74, 6) is -1.41. The predicted octanol–water partition coefficient (Wildman–Crippen LogP) is 2.03. The molecule has 1 aromatic rings. The Hall–Kier alpha value is -1.88. The summed E-state index contributed by atoms with van der Waals surface area (Å²) < 4.78 is 0. The maximum atomic E-state index is 12.0. The van der Waals surface area contributed by atoms with Gasteiger partial charge >= 0.3 is 11.8 Å². The van der Waals surface area contributed by atoms with Crippen molar-refractivity contribution in [2.24, 2.45) is 0 Å². The number of amides is 2. The maximum Gasteiger partial charge on any atom is 0.313 e. The average Bonchev–Trinajstić information content (AvgIpc) is 2.52. The van der Waals surface area contributed by atoms with Gasteiger partial charge in [-0.05, 0) is 30.4 Å². The number of para-hydroxylation sites is 1. The lowest BCUT2D eigenvalue weighted by Crippen LogP contribution is -2.39. The summed E-state index contributed by atoms with van der Waals surface area (Å²) in [6, 6.07) is 5.84. The molecule has 0 heterocycles. The highest BCUT2D eigenvalue weighted by molar-refractivity contribution is 6.39. The predicted molar refractivity (Wildman–Crippen MR) is 87.8 cm³/mol. The van der Waals surface area contributed by atoms with E-state index >= 15 is 0 Å². The number of benzene rings is 1. The van der Waals surface area contributed by atoms with Crippen LogP contribution in [0.25, 0.3) is 0 Å². The Morgan fingerprint density at radius 3 is 2.18 bits per heavy atom. The van der Waals surface area contributed by atoms with E-state index in [1.807, 2.05) is 39.0 Å². The molecule has 5 nitrogen and oxygen atoms in total. The Kier molecular flexibility index (Phi) is 7.60. The van der Waals surface area contributed by atoms with Crippen molar-refractivity contribution in [2.75, 3.05) is 11.9 Å². The summed E-state index contributed by atoms with van der Waals surface area (Å²) in [7, 11) is 0. The number of carbonyl (C=O) groups is 2. The van der Waals surface area contributed by atoms with Crippen LogP contribution in [0.15, 0.2) is 18.2 Å². The molecule has 0 aromatic heterocycles. The minimum Gasteiger partial charge on any atom is -0.391 e. The van der Waals surface area contributed by atoms with E-state index in [4.69, 9.17) is 0 Å². The van der Waals surface area contributed by atoms with Gasteiger partial charge in [-0.2, -0.15) is 0 Å². The Balaban J connectivity index is 2.70. The Morgan fingerprint density at radius 1 is 1.09 bits per heavy atom. The molecular formula is C17H26N2O3. The fourth-order valence-corrected chi connectivity index (χ4v) is 2.30. The normalized spacial score (nSPS) is 11.8. The molecular weight excluding hydrogens is 280 g/mol. The van der Waals surface area contributed by atoms with E-state index in [1.54, 1.807) is 0 Å². The highest BCUT2D eigenvalue weighted by Crippen LogP contribution is 2.22. The van der Waals surface area contributed by atoms with Crippen molar-refractivity contribution in [3.63, 3.8) is 0 Å². The Morgan fingerprint density at radius 2 is 1.68 bits per heavy atom. The molecule has 0 saturated heterocycles. The van der Waals surface area contributed by atoms with Crippen LogP contribution in [0.1, 0.15) is 44.7 Å². The third kappa shape index (κ3) is 5.15. The quantitative estimate of drug-likeness (QED) is 0.674. The number of carbonyl (C=O) groups excluding carboxylic acids is 2. The molecule has 0 fully saturated rings. The van der Waals surface area contributed by atoms with Crippen LogP contribution in [0.4, 0.5) is 5.69 Å². The number of aliphatic hydroxyl groups excluding tert-OH is 1. The van der Waals surface area contributed by atoms with Crippen LogP contribution in [0.2, 0.25) is 0 Å². The van der Waals surface area contributed by atoms with Gasteiger partial charge in [0.05, 0.1) is 6.10 Å². The molecule has 3 N–H and O–H groups in total. The molecule has 1 unspecified atom stereocenters. The van der Waals surface area contributed by atoms with Crippen LogP contribution in [0.3, 0.4) is 0 Å². The van der Waals surface area contributed by atoms with E-state index < -0.39 is 17.9 Å². The third-order valence-electron chi connectivity index (χ3n) is 3.56. The first-order valence-electron chi connectivity index (χ1n) is 7.91. The lowest BCUT2D eigenvalue weighted by Gasteiger charge is -2.15. The zero-order valence-corrected chi connectivity index (χ0v) is 13.6. The smallest absolute Gasteiger partial charge is 0.313 e. The summed E-state index contributed by atoms with van der Waals surface area (Å²) in [5, 5.41) is 14.8. The zero-order valence-electron chi connectivity index (χ0n) is 13.6. The molecule has 0 aliphatic heterocycles. The Bertz CT molecular complexity index is 492. The van der Waals surface area contributed by atoms with E-state index in [0.717, 1.165) is 36.1 Å². The summed E-state index contributed by atoms with van der Waals surface area (Å²) in [6.07, 6.45) is 2.37. The lowest BCUT2D eigenvalue weighted by molar-refractivity contribution is -0.136. The SMILES string of the molecule is CCCC(O)CNC(=O)C(=O)Nc1c(CC)cccc1CC. The van der Waals surface area contributed by atoms with Gasteiger partial charge < -0.3 is 15.7 Å². The summed E-state index contributed by atoms with van der Waals surface area (Å²) in [4.78, 5) is 23.8. The largest absolute Gasteiger partial charge is 0.391 e. The van der Waals surface area contributed by atoms with Gasteiger partial charge in [0.2, 0.25) is 0 Å². The minimum atomic E-state index is -0.719. The van der Waals surface area contributed by atoms with Gasteiger partial charge in [0.25, 0.3) is 0 Å². The molecule has 0 bridgehead atoms. The van der Waals surface area contributed by atoms with Crippen molar-refractivity contribution in [3.05, 3.63) is 29.3 Å². The average molecular weight is 306 g/mol. The van der Waals surface area contributed by atoms with Crippen molar-refractivity contribution in [1.29, 1.82) is 0 Å². The van der Waals surface area contributed by atoms with E-state index in [9.17, 15) is 14.7 Å². The van der Waals surface area contributed by atoms with Gasteiger partial charge in [0, 0.05) is 12.2 Å². The summed E-state index contributed by atoms with van der Waals surface area (Å²) in [5.41, 5.74) is 2.74. The first-order valence-corrected chi connectivity index (χ1v) is 7.91. The number of hydrogen-bond donors (Lipinski definition) is 3. The van der Waals surface area contributed by atoms with Crippen LogP contribution in [0.5, 0.6) is 0 Å². The molecule has 0 aliphatic carbocycles. The number of hydrogen-bond acceptors (Lipinski definition) is 3. The van der Waals surface area contributed by atoms with Crippen molar-refractivity contribution in [3.8, 4) is 0 Å². The molecule has 2 amide bonds. The summed E-state index contributed by atoms with van der Waals surface area (Å²) in [6.45, 7) is 6.05. The standard InChI is InChI=1S/C17H26N2O3/c1-4-8-14(20)11-18-16(21)17(22)19-15-12(5-2)9-7-10-13(15)6-3/h7,9-10,14,20H,4-6,8,11H2,1-3H3,(H,18,21)(H,19,22). The molecule has 22 heavy (non-hydrogen) atoms. The van der Waals surface area contributed by atoms with Gasteiger partial charge in [0.15, 0.2) is 0 Å². The number of aryl methyl sites for hydroxylation is 2. The Labute approximate surface area is 132 Å². The fourth-order valence-electron chi connectivity index (χ4n) is 2.30. The molecule has 1 aromatic carbocycles. The number of nitrogens with one attached hydrogen (secondary N) is 2. The lowest BCUT2D eigenvalue weighted by atomic mass is 10.0. The van der Waals surface area contributed by atoms with Gasteiger partial charge in [-0.3, -0.25) is 9.59 Å². The first-order chi connectivity index (χ1) is 10.5. The van der Waals surface area contributed by atoms with Crippen molar-refractivity contribution in [2.45, 2.75) is 52.6 Å². The number of aliphatic hydroxyl groups is 1. The van der Waals surface area contributed by atoms with E-state index in [0.29, 0.717) is 6.42 Å². The summed E-state index contributed by atoms with van der Waals surface area (Å²) >= 11 is 0. The molecule has 0 radical (unpaired) electrons. The van der Waals surface area contributed by atoms with Gasteiger partial charge in [-0.15, -0.1) is 0 Å². The number of anilines is 1. The monoisotopic (exact) mass is 306 g/mol. The second-order valence-corrected chi connectivity index (χ2v) is 5.27. The maximum absolute atomic E-state index is 12.0. The second kappa shape index (κ2) is 9.20. The zero-order chi connectivity index (χ0) is 16.5. The van der Waals surface area contributed by atoms with Crippen molar-refractivity contribution >= 4 is 17.5 Å². The molecule has 0 aliphatic rings. The van der Waals surface area contributed by atoms with Crippen LogP contribution in [-0.2, 0) is 22.4 Å². The van der Waals surface area contributed by atoms with Crippen LogP contribution in [0, 0.1) is 0 Å². The van der Waals surface area contributed by atoms with Crippen LogP contribution in [-0.4, -0.2) is 29.6 Å². The molecule has 0 saturated carbocycles. The highest BCUT2D eigenvalue weighted by Gasteiger charge is 2.17. The van der Waals surface area contributed by atoms with E-state index in [-0.39, 0.29) is 6.54 Å². The number of rotatable bonds is 7. The fraction of sp³-hybridized carbons (Fsp3) is 0.529. The first kappa shape index (κ1) is 18.2. The topological polar surface area (TPSA) is 78.4 Å². The molecule has 5 heteroatoms. The van der Waals surface area contributed by atoms with E-state index in [2.05, 4.69) is 10.6 Å². The van der Waals surface area contributed by atoms with Gasteiger partial charge in [-0.1, -0.05) is 45.4 Å². The van der Waals surface area contributed by atoms with Crippen molar-refractivity contribution in [1.82, 2.24) is 5.32 Å². The minimum absolute atomic E-state index is 0.0934. The third-order valence-corrected chi connectivity index (χ3v) is 3.56. The highest BCUT2D eigenvalue weighted by atomic mass is 16.3. The molecule has 1 rings (SSSR count). The molecule has 0 spiro atoms. The molecule has 122 valence electrons. The van der Waals surface area contributed by atoms with Crippen LogP contribution < -0.4 is 10.6 Å². The molecule has 1 atom stereocenters. The second-order valence-electron chi connectivity index (χ2n) is 5.27.